The molecule has 0 amide bonds. The minimum absolute atomic E-state index is 0.0616. The summed E-state index contributed by atoms with van der Waals surface area (Å²) in [6.07, 6.45) is 1.10. The van der Waals surface area contributed by atoms with Gasteiger partial charge in [0.25, 0.3) is 0 Å². The fourth-order valence-corrected chi connectivity index (χ4v) is 4.80. The summed E-state index contributed by atoms with van der Waals surface area (Å²) in [6.45, 7) is 3.70. The quantitative estimate of drug-likeness (QED) is 0.867. The molecule has 1 aromatic heterocycles. The molecule has 2 bridgehead atoms. The van der Waals surface area contributed by atoms with Crippen LogP contribution in [-0.2, 0) is 9.53 Å². The van der Waals surface area contributed by atoms with Gasteiger partial charge in [0.15, 0.2) is 5.13 Å². The van der Waals surface area contributed by atoms with Crippen LogP contribution in [0.2, 0.25) is 0 Å². The molecule has 1 saturated carbocycles. The molecule has 1 N–H and O–H groups in total. The maximum atomic E-state index is 11.8. The number of aromatic nitrogens is 1. The van der Waals surface area contributed by atoms with Crippen molar-refractivity contribution in [2.75, 3.05) is 25.1 Å². The average Bonchev–Trinajstić information content (AvgIpc) is 3.07. The lowest BCUT2D eigenvalue weighted by molar-refractivity contribution is -0.157. The predicted molar refractivity (Wildman–Crippen MR) is 93.3 cm³/mol. The van der Waals surface area contributed by atoms with Crippen molar-refractivity contribution in [3.05, 3.63) is 29.1 Å². The topological polar surface area (TPSA) is 62.7 Å². The minimum atomic E-state index is -0.0691. The molecule has 0 unspecified atom stereocenters. The number of hydrogen-bond donors (Lipinski definition) is 1. The predicted octanol–water partition coefficient (Wildman–Crippen LogP) is 3.07. The molecular weight excluding hydrogens is 324 g/mol. The van der Waals surface area contributed by atoms with Gasteiger partial charge in [-0.05, 0) is 37.3 Å². The van der Waals surface area contributed by atoms with E-state index >= 15 is 0 Å². The molecule has 2 aliphatic heterocycles. The van der Waals surface area contributed by atoms with Crippen molar-refractivity contribution in [3.63, 3.8) is 0 Å². The Morgan fingerprint density at radius 2 is 2.12 bits per heavy atom. The molecule has 3 aliphatic rings. The smallest absolute Gasteiger partial charge is 0.309 e. The minimum Gasteiger partial charge on any atom is -0.507 e. The van der Waals surface area contributed by atoms with Crippen LogP contribution in [0.3, 0.4) is 0 Å². The number of ether oxygens (including phenoxy) is 1. The first-order valence-electron chi connectivity index (χ1n) is 8.15. The zero-order chi connectivity index (χ0) is 16.8. The van der Waals surface area contributed by atoms with Crippen molar-refractivity contribution < 1.29 is 14.6 Å². The lowest BCUT2D eigenvalue weighted by atomic mass is 9.61. The van der Waals surface area contributed by atoms with E-state index in [4.69, 9.17) is 9.72 Å². The van der Waals surface area contributed by atoms with E-state index in [-0.39, 0.29) is 17.6 Å². The molecule has 3 fully saturated rings. The van der Waals surface area contributed by atoms with E-state index in [2.05, 4.69) is 4.90 Å². The lowest BCUT2D eigenvalue weighted by Gasteiger charge is -2.51. The monoisotopic (exact) mass is 344 g/mol. The summed E-state index contributed by atoms with van der Waals surface area (Å²) in [6, 6.07) is 5.55. The molecule has 2 saturated heterocycles. The van der Waals surface area contributed by atoms with E-state index in [1.807, 2.05) is 24.4 Å². The Bertz CT molecular complexity index is 776. The van der Waals surface area contributed by atoms with Gasteiger partial charge in [-0.15, -0.1) is 11.3 Å². The highest BCUT2D eigenvalue weighted by molar-refractivity contribution is 7.14. The number of nitrogens with zero attached hydrogens (tertiary/aromatic N) is 2. The van der Waals surface area contributed by atoms with E-state index in [1.165, 1.54) is 7.11 Å². The summed E-state index contributed by atoms with van der Waals surface area (Å²) < 4.78 is 4.92. The van der Waals surface area contributed by atoms with Crippen LogP contribution in [0.5, 0.6) is 5.75 Å². The van der Waals surface area contributed by atoms with Crippen molar-refractivity contribution in [2.45, 2.75) is 13.3 Å². The first kappa shape index (κ1) is 15.4. The SMILES string of the molecule is COC(=O)[C@H]1[C@@H]2C[C@H]1CN(c1nc(-c3cc(C)ccc3O)cs1)C2. The largest absolute Gasteiger partial charge is 0.507 e. The van der Waals surface area contributed by atoms with Gasteiger partial charge in [-0.2, -0.15) is 0 Å². The summed E-state index contributed by atoms with van der Waals surface area (Å²) in [5.74, 6) is 0.989. The standard InChI is InChI=1S/C18H20N2O3S/c1-10-3-4-15(21)13(5-10)14-9-24-18(19-14)20-7-11-6-12(8-20)16(11)17(22)23-2/h3-5,9,11-12,16,21H,6-8H2,1-2H3/t11-,12+,16+. The number of esters is 1. The second-order valence-corrected chi connectivity index (χ2v) is 7.58. The summed E-state index contributed by atoms with van der Waals surface area (Å²) in [4.78, 5) is 18.8. The Morgan fingerprint density at radius 1 is 1.38 bits per heavy atom. The molecule has 1 aromatic carbocycles. The van der Waals surface area contributed by atoms with E-state index in [1.54, 1.807) is 17.4 Å². The number of piperidine rings is 2. The summed E-state index contributed by atoms with van der Waals surface area (Å²) >= 11 is 1.59. The van der Waals surface area contributed by atoms with E-state index in [0.29, 0.717) is 11.8 Å². The highest BCUT2D eigenvalue weighted by atomic mass is 32.1. The zero-order valence-electron chi connectivity index (χ0n) is 13.7. The fraction of sp³-hybridized carbons (Fsp3) is 0.444. The first-order valence-corrected chi connectivity index (χ1v) is 9.03. The summed E-state index contributed by atoms with van der Waals surface area (Å²) in [7, 11) is 1.47. The van der Waals surface area contributed by atoms with Crippen LogP contribution >= 0.6 is 11.3 Å². The molecule has 2 aromatic rings. The molecule has 6 heteroatoms. The van der Waals surface area contributed by atoms with Gasteiger partial charge in [-0.3, -0.25) is 4.79 Å². The van der Waals surface area contributed by atoms with Gasteiger partial charge in [-0.1, -0.05) is 11.6 Å². The molecule has 5 nitrogen and oxygen atoms in total. The molecule has 3 heterocycles. The van der Waals surface area contributed by atoms with Crippen LogP contribution in [-0.4, -0.2) is 36.3 Å². The Balaban J connectivity index is 1.53. The average molecular weight is 344 g/mol. The number of carbonyl (C=O) groups is 1. The number of carbonyl (C=O) groups excluding carboxylic acids is 1. The van der Waals surface area contributed by atoms with E-state index < -0.39 is 0 Å². The maximum absolute atomic E-state index is 11.8. The molecule has 3 atom stereocenters. The van der Waals surface area contributed by atoms with Crippen LogP contribution in [0.25, 0.3) is 11.3 Å². The third-order valence-corrected chi connectivity index (χ3v) is 6.10. The number of anilines is 1. The van der Waals surface area contributed by atoms with Gasteiger partial charge in [0.2, 0.25) is 0 Å². The first-order chi connectivity index (χ1) is 11.6. The molecule has 0 spiro atoms. The highest BCUT2D eigenvalue weighted by Gasteiger charge is 2.51. The van der Waals surface area contributed by atoms with Crippen molar-refractivity contribution in [3.8, 4) is 17.0 Å². The van der Waals surface area contributed by atoms with Gasteiger partial charge in [-0.25, -0.2) is 4.98 Å². The second kappa shape index (κ2) is 5.77. The summed E-state index contributed by atoms with van der Waals surface area (Å²) in [5, 5.41) is 13.0. The van der Waals surface area contributed by atoms with Crippen molar-refractivity contribution in [1.29, 1.82) is 0 Å². The molecule has 24 heavy (non-hydrogen) atoms. The Labute approximate surface area is 144 Å². The number of benzene rings is 1. The Kier molecular flexibility index (Phi) is 3.72. The van der Waals surface area contributed by atoms with Crippen molar-refractivity contribution in [1.82, 2.24) is 4.98 Å². The van der Waals surface area contributed by atoms with Crippen LogP contribution in [0.4, 0.5) is 5.13 Å². The van der Waals surface area contributed by atoms with Crippen LogP contribution < -0.4 is 4.90 Å². The number of hydrogen-bond acceptors (Lipinski definition) is 6. The van der Waals surface area contributed by atoms with E-state index in [0.717, 1.165) is 41.5 Å². The molecular formula is C18H20N2O3S. The van der Waals surface area contributed by atoms with Crippen LogP contribution in [0.1, 0.15) is 12.0 Å². The van der Waals surface area contributed by atoms with Crippen molar-refractivity contribution >= 4 is 22.4 Å². The lowest BCUT2D eigenvalue weighted by Crippen LogP contribution is -2.58. The third-order valence-electron chi connectivity index (χ3n) is 5.19. The maximum Gasteiger partial charge on any atom is 0.309 e. The van der Waals surface area contributed by atoms with Crippen LogP contribution in [0.15, 0.2) is 23.6 Å². The van der Waals surface area contributed by atoms with Gasteiger partial charge < -0.3 is 14.7 Å². The molecule has 1 aliphatic carbocycles. The van der Waals surface area contributed by atoms with Crippen molar-refractivity contribution in [2.24, 2.45) is 17.8 Å². The molecule has 5 rings (SSSR count). The van der Waals surface area contributed by atoms with Gasteiger partial charge in [0.1, 0.15) is 5.75 Å². The second-order valence-electron chi connectivity index (χ2n) is 6.75. The number of thiazole rings is 1. The number of rotatable bonds is 3. The number of aromatic hydroxyl groups is 1. The highest BCUT2D eigenvalue weighted by Crippen LogP contribution is 2.47. The number of fused-ring (bicyclic) bond motifs is 2. The molecule has 126 valence electrons. The van der Waals surface area contributed by atoms with Gasteiger partial charge in [0.05, 0.1) is 18.7 Å². The zero-order valence-corrected chi connectivity index (χ0v) is 14.5. The normalized spacial score (nSPS) is 25.2. The third kappa shape index (κ3) is 2.45. The number of phenols is 1. The number of phenolic OH excluding ortho intramolecular Hbond substituents is 1. The number of aryl methyl sites for hydroxylation is 1. The van der Waals surface area contributed by atoms with Crippen LogP contribution in [0, 0.1) is 24.7 Å². The molecule has 0 radical (unpaired) electrons. The Hall–Kier alpha value is -2.08. The Morgan fingerprint density at radius 3 is 2.83 bits per heavy atom. The fourth-order valence-electron chi connectivity index (χ4n) is 3.95. The van der Waals surface area contributed by atoms with Gasteiger partial charge >= 0.3 is 5.97 Å². The summed E-state index contributed by atoms with van der Waals surface area (Å²) in [5.41, 5.74) is 2.67. The van der Waals surface area contributed by atoms with E-state index in [9.17, 15) is 9.90 Å². The number of methoxy groups -OCH3 is 1. The van der Waals surface area contributed by atoms with Gasteiger partial charge in [0, 0.05) is 24.0 Å².